The second-order valence-corrected chi connectivity index (χ2v) is 5.34. The van der Waals surface area contributed by atoms with E-state index in [1.165, 1.54) is 31.2 Å². The van der Waals surface area contributed by atoms with Crippen molar-refractivity contribution < 1.29 is 18.8 Å². The number of nitro groups is 1. The van der Waals surface area contributed by atoms with E-state index >= 15 is 0 Å². The average molecular weight is 364 g/mol. The number of hydrogen-bond donors (Lipinski definition) is 1. The van der Waals surface area contributed by atoms with Gasteiger partial charge in [0.25, 0.3) is 5.91 Å². The fourth-order valence-electron chi connectivity index (χ4n) is 1.88. The maximum Gasteiger partial charge on any atom is 0.306 e. The van der Waals surface area contributed by atoms with Gasteiger partial charge in [-0.05, 0) is 37.3 Å². The van der Waals surface area contributed by atoms with Gasteiger partial charge in [-0.3, -0.25) is 14.9 Å². The summed E-state index contributed by atoms with van der Waals surface area (Å²) in [7, 11) is 0. The van der Waals surface area contributed by atoms with Crippen LogP contribution in [-0.2, 0) is 4.79 Å². The second kappa shape index (κ2) is 7.59. The highest BCUT2D eigenvalue weighted by Gasteiger charge is 2.19. The standard InChI is InChI=1S/C16H11ClFN3O4/c1-9(25-15-5-2-10(8-19)6-12(15)17)16(22)20-11-3-4-13(18)14(7-11)21(23)24/h2-7,9H,1H3,(H,20,22)/t9-/m0/s1. The van der Waals surface area contributed by atoms with Gasteiger partial charge in [-0.25, -0.2) is 0 Å². The van der Waals surface area contributed by atoms with Gasteiger partial charge >= 0.3 is 5.69 Å². The van der Waals surface area contributed by atoms with Crippen molar-refractivity contribution in [3.8, 4) is 11.8 Å². The zero-order valence-corrected chi connectivity index (χ0v) is 13.6. The van der Waals surface area contributed by atoms with Gasteiger partial charge in [-0.2, -0.15) is 9.65 Å². The predicted octanol–water partition coefficient (Wildman–Crippen LogP) is 3.66. The van der Waals surface area contributed by atoms with Crippen LogP contribution in [0.5, 0.6) is 5.75 Å². The summed E-state index contributed by atoms with van der Waals surface area (Å²) in [6.07, 6.45) is -0.991. The second-order valence-electron chi connectivity index (χ2n) is 4.93. The quantitative estimate of drug-likeness (QED) is 0.644. The Hall–Kier alpha value is -3.18. The van der Waals surface area contributed by atoms with Crippen LogP contribution in [0.3, 0.4) is 0 Å². The Balaban J connectivity index is 2.09. The van der Waals surface area contributed by atoms with E-state index in [-0.39, 0.29) is 16.5 Å². The van der Waals surface area contributed by atoms with Crippen LogP contribution in [0.15, 0.2) is 36.4 Å². The van der Waals surface area contributed by atoms with E-state index < -0.39 is 28.4 Å². The van der Waals surface area contributed by atoms with E-state index in [1.807, 2.05) is 6.07 Å². The summed E-state index contributed by atoms with van der Waals surface area (Å²) in [6, 6.07) is 9.24. The number of anilines is 1. The van der Waals surface area contributed by atoms with Crippen molar-refractivity contribution in [2.24, 2.45) is 0 Å². The van der Waals surface area contributed by atoms with Crippen molar-refractivity contribution in [3.63, 3.8) is 0 Å². The van der Waals surface area contributed by atoms with Crippen LogP contribution >= 0.6 is 11.6 Å². The molecule has 0 saturated carbocycles. The number of benzene rings is 2. The lowest BCUT2D eigenvalue weighted by Crippen LogP contribution is -2.30. The summed E-state index contributed by atoms with van der Waals surface area (Å²) in [6.45, 7) is 1.45. The highest BCUT2D eigenvalue weighted by Crippen LogP contribution is 2.27. The first kappa shape index (κ1) is 18.2. The normalized spacial score (nSPS) is 11.3. The largest absolute Gasteiger partial charge is 0.479 e. The van der Waals surface area contributed by atoms with Crippen molar-refractivity contribution in [1.29, 1.82) is 5.26 Å². The Bertz CT molecular complexity index is 882. The van der Waals surface area contributed by atoms with Crippen LogP contribution in [0.1, 0.15) is 12.5 Å². The molecule has 0 saturated heterocycles. The third-order valence-electron chi connectivity index (χ3n) is 3.14. The molecule has 1 amide bonds. The van der Waals surface area contributed by atoms with Crippen molar-refractivity contribution in [2.45, 2.75) is 13.0 Å². The molecule has 0 aromatic heterocycles. The van der Waals surface area contributed by atoms with E-state index in [1.54, 1.807) is 0 Å². The summed E-state index contributed by atoms with van der Waals surface area (Å²) >= 11 is 5.97. The SMILES string of the molecule is C[C@H](Oc1ccc(C#N)cc1Cl)C(=O)Nc1ccc(F)c([N+](=O)[O-])c1. The summed E-state index contributed by atoms with van der Waals surface area (Å²) in [5.41, 5.74) is -0.353. The molecule has 0 radical (unpaired) electrons. The van der Waals surface area contributed by atoms with Crippen molar-refractivity contribution in [2.75, 3.05) is 5.32 Å². The Morgan fingerprint density at radius 1 is 1.40 bits per heavy atom. The van der Waals surface area contributed by atoms with Gasteiger partial charge in [0.05, 0.1) is 21.6 Å². The van der Waals surface area contributed by atoms with Crippen LogP contribution in [0.4, 0.5) is 15.8 Å². The molecular weight excluding hydrogens is 353 g/mol. The number of amides is 1. The molecule has 25 heavy (non-hydrogen) atoms. The topological polar surface area (TPSA) is 105 Å². The van der Waals surface area contributed by atoms with Gasteiger partial charge in [-0.15, -0.1) is 0 Å². The molecule has 9 heteroatoms. The average Bonchev–Trinajstić information content (AvgIpc) is 2.57. The monoisotopic (exact) mass is 363 g/mol. The molecule has 0 fully saturated rings. The molecule has 0 unspecified atom stereocenters. The number of rotatable bonds is 5. The van der Waals surface area contributed by atoms with Gasteiger partial charge in [0, 0.05) is 11.8 Å². The highest BCUT2D eigenvalue weighted by molar-refractivity contribution is 6.32. The zero-order chi connectivity index (χ0) is 18.6. The highest BCUT2D eigenvalue weighted by atomic mass is 35.5. The number of nitrogens with one attached hydrogen (secondary N) is 1. The molecule has 0 aliphatic heterocycles. The van der Waals surface area contributed by atoms with Crippen LogP contribution < -0.4 is 10.1 Å². The Morgan fingerprint density at radius 3 is 2.72 bits per heavy atom. The van der Waals surface area contributed by atoms with Gasteiger partial charge in [-0.1, -0.05) is 11.6 Å². The molecule has 0 aliphatic rings. The molecule has 1 N–H and O–H groups in total. The lowest BCUT2D eigenvalue weighted by molar-refractivity contribution is -0.387. The predicted molar refractivity (Wildman–Crippen MR) is 87.9 cm³/mol. The number of carbonyl (C=O) groups excluding carboxylic acids is 1. The van der Waals surface area contributed by atoms with Crippen molar-refractivity contribution >= 4 is 28.9 Å². The van der Waals surface area contributed by atoms with Gasteiger partial charge < -0.3 is 10.1 Å². The molecular formula is C16H11ClFN3O4. The first-order valence-electron chi connectivity index (χ1n) is 6.93. The minimum Gasteiger partial charge on any atom is -0.479 e. The summed E-state index contributed by atoms with van der Waals surface area (Å²) < 4.78 is 18.7. The van der Waals surface area contributed by atoms with Crippen molar-refractivity contribution in [3.05, 3.63) is 62.9 Å². The maximum atomic E-state index is 13.3. The number of ether oxygens (including phenoxy) is 1. The van der Waals surface area contributed by atoms with E-state index in [4.69, 9.17) is 21.6 Å². The maximum absolute atomic E-state index is 13.3. The Labute approximate surface area is 146 Å². The Morgan fingerprint density at radius 2 is 2.12 bits per heavy atom. The summed E-state index contributed by atoms with van der Waals surface area (Å²) in [5.74, 6) is -1.41. The van der Waals surface area contributed by atoms with Crippen LogP contribution in [0.25, 0.3) is 0 Å². The number of carbonyl (C=O) groups is 1. The minimum absolute atomic E-state index is 0.0551. The molecule has 0 spiro atoms. The van der Waals surface area contributed by atoms with Crippen molar-refractivity contribution in [1.82, 2.24) is 0 Å². The van der Waals surface area contributed by atoms with E-state index in [2.05, 4.69) is 5.32 Å². The number of nitrogens with zero attached hydrogens (tertiary/aromatic N) is 2. The lowest BCUT2D eigenvalue weighted by Gasteiger charge is -2.15. The zero-order valence-electron chi connectivity index (χ0n) is 12.8. The molecule has 2 aromatic carbocycles. The third kappa shape index (κ3) is 4.43. The van der Waals surface area contributed by atoms with Gasteiger partial charge in [0.2, 0.25) is 5.82 Å². The number of nitriles is 1. The summed E-state index contributed by atoms with van der Waals surface area (Å²) in [4.78, 5) is 21.9. The molecule has 2 aromatic rings. The van der Waals surface area contributed by atoms with Crippen LogP contribution in [-0.4, -0.2) is 16.9 Å². The summed E-state index contributed by atoms with van der Waals surface area (Å²) in [5, 5.41) is 22.1. The van der Waals surface area contributed by atoms with Gasteiger partial charge in [0.15, 0.2) is 6.10 Å². The number of hydrogen-bond acceptors (Lipinski definition) is 5. The third-order valence-corrected chi connectivity index (χ3v) is 3.44. The molecule has 7 nitrogen and oxygen atoms in total. The van der Waals surface area contributed by atoms with Crippen LogP contribution in [0, 0.1) is 27.3 Å². The molecule has 0 heterocycles. The van der Waals surface area contributed by atoms with E-state index in [0.29, 0.717) is 5.56 Å². The number of halogens is 2. The van der Waals surface area contributed by atoms with E-state index in [9.17, 15) is 19.3 Å². The molecule has 0 aliphatic carbocycles. The first-order chi connectivity index (χ1) is 11.8. The fourth-order valence-corrected chi connectivity index (χ4v) is 2.11. The molecule has 0 bridgehead atoms. The smallest absolute Gasteiger partial charge is 0.306 e. The molecule has 1 atom stereocenters. The number of nitro benzene ring substituents is 1. The molecule has 128 valence electrons. The Kier molecular flexibility index (Phi) is 5.52. The van der Waals surface area contributed by atoms with Gasteiger partial charge in [0.1, 0.15) is 5.75 Å². The lowest BCUT2D eigenvalue weighted by atomic mass is 10.2. The minimum atomic E-state index is -1.00. The van der Waals surface area contributed by atoms with Crippen LogP contribution in [0.2, 0.25) is 5.02 Å². The molecule has 2 rings (SSSR count). The van der Waals surface area contributed by atoms with E-state index in [0.717, 1.165) is 12.1 Å². The fraction of sp³-hybridized carbons (Fsp3) is 0.125. The first-order valence-corrected chi connectivity index (χ1v) is 7.30.